The van der Waals surface area contributed by atoms with Crippen LogP contribution in [0.5, 0.6) is 0 Å². The molecule has 0 spiro atoms. The highest BCUT2D eigenvalue weighted by Crippen LogP contribution is 2.55. The molecular weight excluding hydrogens is 563 g/mol. The first-order chi connectivity index (χ1) is 17.7. The maximum atomic E-state index is 12.9. The van der Waals surface area contributed by atoms with E-state index in [0.717, 1.165) is 25.2 Å². The molecule has 14 heteroatoms. The largest absolute Gasteiger partial charge is 0.465 e. The van der Waals surface area contributed by atoms with Gasteiger partial charge in [-0.2, -0.15) is 39.5 Å². The molecule has 0 aromatic heterocycles. The number of carbonyl (C=O) groups excluding carboxylic acids is 2. The van der Waals surface area contributed by atoms with Gasteiger partial charge < -0.3 is 14.6 Å². The number of alkyl halides is 9. The topological polar surface area (TPSA) is 72.8 Å². The smallest absolute Gasteiger partial charge is 0.430 e. The van der Waals surface area contributed by atoms with E-state index in [9.17, 15) is 54.2 Å². The Morgan fingerprint density at radius 2 is 1.32 bits per heavy atom. The highest BCUT2D eigenvalue weighted by atomic mass is 19.4. The van der Waals surface area contributed by atoms with Crippen molar-refractivity contribution >= 4 is 11.9 Å². The van der Waals surface area contributed by atoms with Crippen LogP contribution in [0.2, 0.25) is 0 Å². The molecule has 236 valence electrons. The third-order valence-electron chi connectivity index (χ3n) is 8.58. The molecule has 6 atom stereocenters. The lowest BCUT2D eigenvalue weighted by atomic mass is 9.76. The third-order valence-corrected chi connectivity index (χ3v) is 8.58. The molecule has 0 heterocycles. The Balaban J connectivity index is 0.000000429. The van der Waals surface area contributed by atoms with Crippen LogP contribution in [-0.2, 0) is 19.1 Å². The summed E-state index contributed by atoms with van der Waals surface area (Å²) in [7, 11) is 0. The van der Waals surface area contributed by atoms with Crippen molar-refractivity contribution < 1.29 is 63.7 Å². The van der Waals surface area contributed by atoms with Crippen LogP contribution in [0.1, 0.15) is 74.7 Å². The fraction of sp³-hybridized carbons (Fsp3) is 0.923. The SMILES string of the molecule is CC(C)COC(=O)C1CC2CC1C(C)C2C.CCC(C)(C(=O)OC(C)(C)C(O)(C(F)(F)F)C(F)(F)F)C(F)(F)F. The van der Waals surface area contributed by atoms with Gasteiger partial charge in [-0.15, -0.1) is 0 Å². The van der Waals surface area contributed by atoms with E-state index in [2.05, 4.69) is 32.4 Å². The van der Waals surface area contributed by atoms with Crippen LogP contribution in [-0.4, -0.2) is 53.4 Å². The molecule has 5 nitrogen and oxygen atoms in total. The Morgan fingerprint density at radius 3 is 1.65 bits per heavy atom. The van der Waals surface area contributed by atoms with Gasteiger partial charge in [0.25, 0.3) is 5.60 Å². The molecule has 0 aliphatic heterocycles. The molecular formula is C26H39F9O5. The maximum absolute atomic E-state index is 12.9. The van der Waals surface area contributed by atoms with E-state index < -0.39 is 47.5 Å². The normalized spacial score (nSPS) is 27.1. The number of hydrogen-bond donors (Lipinski definition) is 1. The molecule has 6 unspecified atom stereocenters. The summed E-state index contributed by atoms with van der Waals surface area (Å²) in [5, 5.41) is 9.19. The lowest BCUT2D eigenvalue weighted by Gasteiger charge is -2.44. The number of ether oxygens (including phenoxy) is 2. The predicted molar refractivity (Wildman–Crippen MR) is 126 cm³/mol. The number of hydrogen-bond acceptors (Lipinski definition) is 5. The molecule has 1 N–H and O–H groups in total. The van der Waals surface area contributed by atoms with Gasteiger partial charge in [-0.1, -0.05) is 34.6 Å². The first-order valence-electron chi connectivity index (χ1n) is 13.0. The number of esters is 2. The molecule has 40 heavy (non-hydrogen) atoms. The standard InChI is InChI=1S/C14H24O2.C12H15F9O3/c1-8(2)7-16-14(15)13-6-11-5-12(13)10(4)9(11)3;1-5-8(4,10(13,14)15)6(22)24-7(2,3)9(23,11(16,17)18)12(19,20)21/h8-13H,5-7H2,1-4H3;23H,5H2,1-4H3. The molecule has 2 aliphatic carbocycles. The molecule has 0 radical (unpaired) electrons. The van der Waals surface area contributed by atoms with Gasteiger partial charge in [0.2, 0.25) is 0 Å². The Kier molecular flexibility index (Phi) is 10.8. The van der Waals surface area contributed by atoms with Gasteiger partial charge in [0.05, 0.1) is 12.5 Å². The number of aliphatic hydroxyl groups is 1. The summed E-state index contributed by atoms with van der Waals surface area (Å²) in [5.41, 5.74) is -12.7. The van der Waals surface area contributed by atoms with Crippen molar-refractivity contribution in [3.8, 4) is 0 Å². The van der Waals surface area contributed by atoms with Crippen molar-refractivity contribution in [2.75, 3.05) is 6.61 Å². The summed E-state index contributed by atoms with van der Waals surface area (Å²) in [6.07, 6.45) is -16.7. The highest BCUT2D eigenvalue weighted by molar-refractivity contribution is 5.78. The molecule has 0 amide bonds. The van der Waals surface area contributed by atoms with Crippen molar-refractivity contribution in [3.63, 3.8) is 0 Å². The van der Waals surface area contributed by atoms with E-state index in [0.29, 0.717) is 24.4 Å². The lowest BCUT2D eigenvalue weighted by Crippen LogP contribution is -2.70. The van der Waals surface area contributed by atoms with E-state index in [4.69, 9.17) is 4.74 Å². The zero-order valence-corrected chi connectivity index (χ0v) is 23.8. The first kappa shape index (κ1) is 36.3. The molecule has 2 aliphatic rings. The minimum Gasteiger partial charge on any atom is -0.465 e. The van der Waals surface area contributed by atoms with Crippen LogP contribution in [0.25, 0.3) is 0 Å². The van der Waals surface area contributed by atoms with Crippen molar-refractivity contribution in [1.82, 2.24) is 0 Å². The Morgan fingerprint density at radius 1 is 0.850 bits per heavy atom. The van der Waals surface area contributed by atoms with Crippen molar-refractivity contribution in [2.45, 2.75) is 104 Å². The zero-order valence-electron chi connectivity index (χ0n) is 23.8. The van der Waals surface area contributed by atoms with Gasteiger partial charge >= 0.3 is 30.5 Å². The minimum absolute atomic E-state index is 0.0261. The molecule has 2 saturated carbocycles. The van der Waals surface area contributed by atoms with Gasteiger partial charge in [0, 0.05) is 0 Å². The summed E-state index contributed by atoms with van der Waals surface area (Å²) in [6, 6.07) is 0. The molecule has 2 fully saturated rings. The Bertz CT molecular complexity index is 878. The van der Waals surface area contributed by atoms with E-state index in [1.165, 1.54) is 6.42 Å². The zero-order chi connectivity index (χ0) is 31.9. The van der Waals surface area contributed by atoms with Gasteiger partial charge in [-0.25, -0.2) is 0 Å². The number of rotatable bonds is 7. The van der Waals surface area contributed by atoms with Gasteiger partial charge in [-0.3, -0.25) is 9.59 Å². The summed E-state index contributed by atoms with van der Waals surface area (Å²) in [6.45, 7) is 10.6. The Hall–Kier alpha value is -1.73. The molecule has 0 aromatic carbocycles. The van der Waals surface area contributed by atoms with Crippen molar-refractivity contribution in [1.29, 1.82) is 0 Å². The van der Waals surface area contributed by atoms with Gasteiger partial charge in [0.15, 0.2) is 11.0 Å². The van der Waals surface area contributed by atoms with E-state index in [1.54, 1.807) is 0 Å². The number of fused-ring (bicyclic) bond motifs is 2. The molecule has 0 saturated heterocycles. The van der Waals surface area contributed by atoms with Crippen LogP contribution in [0.3, 0.4) is 0 Å². The van der Waals surface area contributed by atoms with Crippen LogP contribution in [0.4, 0.5) is 39.5 Å². The quantitative estimate of drug-likeness (QED) is 0.245. The van der Waals surface area contributed by atoms with E-state index in [1.807, 2.05) is 0 Å². The van der Waals surface area contributed by atoms with Gasteiger partial charge in [-0.05, 0) is 69.6 Å². The van der Waals surface area contributed by atoms with Crippen LogP contribution in [0, 0.1) is 40.9 Å². The fourth-order valence-corrected chi connectivity index (χ4v) is 5.29. The average molecular weight is 603 g/mol. The molecule has 0 aromatic rings. The van der Waals surface area contributed by atoms with Crippen molar-refractivity contribution in [2.24, 2.45) is 40.9 Å². The van der Waals surface area contributed by atoms with Crippen LogP contribution >= 0.6 is 0 Å². The van der Waals surface area contributed by atoms with E-state index in [-0.39, 0.29) is 32.7 Å². The second-order valence-electron chi connectivity index (χ2n) is 12.0. The minimum atomic E-state index is -6.37. The van der Waals surface area contributed by atoms with Crippen molar-refractivity contribution in [3.05, 3.63) is 0 Å². The fourth-order valence-electron chi connectivity index (χ4n) is 5.29. The summed E-state index contributed by atoms with van der Waals surface area (Å²) in [5.74, 6) is 1.23. The molecule has 2 rings (SSSR count). The number of halogens is 9. The summed E-state index contributed by atoms with van der Waals surface area (Å²) >= 11 is 0. The first-order valence-corrected chi connectivity index (χ1v) is 13.0. The van der Waals surface area contributed by atoms with Crippen LogP contribution in [0.15, 0.2) is 0 Å². The second kappa shape index (κ2) is 11.9. The molecule has 2 bridgehead atoms. The summed E-state index contributed by atoms with van der Waals surface area (Å²) < 4.78 is 125. The van der Waals surface area contributed by atoms with Crippen LogP contribution < -0.4 is 0 Å². The predicted octanol–water partition coefficient (Wildman–Crippen LogP) is 7.26. The lowest BCUT2D eigenvalue weighted by molar-refractivity contribution is -0.408. The average Bonchev–Trinajstić information content (AvgIpc) is 3.33. The summed E-state index contributed by atoms with van der Waals surface area (Å²) in [4.78, 5) is 23.6. The number of carbonyl (C=O) groups is 2. The monoisotopic (exact) mass is 602 g/mol. The Labute approximate surface area is 228 Å². The maximum Gasteiger partial charge on any atom is 0.430 e. The second-order valence-corrected chi connectivity index (χ2v) is 12.0. The third kappa shape index (κ3) is 6.83. The van der Waals surface area contributed by atoms with E-state index >= 15 is 0 Å². The van der Waals surface area contributed by atoms with Gasteiger partial charge in [0.1, 0.15) is 0 Å². The highest BCUT2D eigenvalue weighted by Gasteiger charge is 2.79.